The molecule has 1 aliphatic rings. The van der Waals surface area contributed by atoms with Gasteiger partial charge in [-0.2, -0.15) is 0 Å². The van der Waals surface area contributed by atoms with Gasteiger partial charge in [-0.25, -0.2) is 0 Å². The van der Waals surface area contributed by atoms with Crippen molar-refractivity contribution < 1.29 is 14.6 Å². The van der Waals surface area contributed by atoms with Gasteiger partial charge in [-0.1, -0.05) is 46.3 Å². The molecule has 0 aliphatic heterocycles. The first-order valence-electron chi connectivity index (χ1n) is 6.15. The Morgan fingerprint density at radius 2 is 2.06 bits per heavy atom. The summed E-state index contributed by atoms with van der Waals surface area (Å²) in [6.07, 6.45) is 1.58. The predicted molar refractivity (Wildman–Crippen MR) is 72.7 cm³/mol. The highest BCUT2D eigenvalue weighted by Gasteiger charge is 2.37. The normalized spacial score (nSPS) is 27.3. The van der Waals surface area contributed by atoms with Crippen LogP contribution in [0.1, 0.15) is 18.4 Å². The van der Waals surface area contributed by atoms with Crippen LogP contribution in [0.25, 0.3) is 0 Å². The summed E-state index contributed by atoms with van der Waals surface area (Å²) in [7, 11) is 0. The maximum atomic E-state index is 11.1. The molecule has 0 aromatic heterocycles. The van der Waals surface area contributed by atoms with Crippen molar-refractivity contribution in [1.29, 1.82) is 0 Å². The minimum atomic E-state index is -0.703. The van der Waals surface area contributed by atoms with Crippen molar-refractivity contribution in [2.75, 3.05) is 6.61 Å². The Labute approximate surface area is 115 Å². The summed E-state index contributed by atoms with van der Waals surface area (Å²) in [6, 6.07) is 9.94. The van der Waals surface area contributed by atoms with Crippen molar-refractivity contribution in [3.8, 4) is 0 Å². The van der Waals surface area contributed by atoms with E-state index in [1.54, 1.807) is 0 Å². The molecule has 1 aliphatic carbocycles. The Kier molecular flexibility index (Phi) is 4.78. The number of ether oxygens (including phenoxy) is 1. The number of benzene rings is 1. The van der Waals surface area contributed by atoms with Crippen LogP contribution in [-0.4, -0.2) is 22.5 Å². The lowest BCUT2D eigenvalue weighted by Gasteiger charge is -2.15. The summed E-state index contributed by atoms with van der Waals surface area (Å²) < 4.78 is 5.65. The molecule has 18 heavy (non-hydrogen) atoms. The van der Waals surface area contributed by atoms with Crippen LogP contribution in [0.5, 0.6) is 0 Å². The van der Waals surface area contributed by atoms with Crippen molar-refractivity contribution in [3.05, 3.63) is 35.9 Å². The fourth-order valence-electron chi connectivity index (χ4n) is 2.45. The van der Waals surface area contributed by atoms with Crippen LogP contribution in [0.15, 0.2) is 30.3 Å². The number of hydrogen-bond donors (Lipinski definition) is 1. The molecule has 0 spiro atoms. The first-order chi connectivity index (χ1) is 8.66. The molecule has 4 heteroatoms. The molecule has 0 heterocycles. The topological polar surface area (TPSA) is 46.5 Å². The fourth-order valence-corrected chi connectivity index (χ4v) is 3.33. The SMILES string of the molecule is O=C(O)[C@H]1C[C@@H](Br)C[C@@H]1COCc1ccccc1. The summed E-state index contributed by atoms with van der Waals surface area (Å²) in [4.78, 5) is 11.4. The van der Waals surface area contributed by atoms with Crippen LogP contribution in [0.2, 0.25) is 0 Å². The quantitative estimate of drug-likeness (QED) is 0.850. The second-order valence-corrected chi connectivity index (χ2v) is 6.07. The van der Waals surface area contributed by atoms with E-state index in [1.807, 2.05) is 30.3 Å². The first-order valence-corrected chi connectivity index (χ1v) is 7.07. The largest absolute Gasteiger partial charge is 0.481 e. The molecule has 0 amide bonds. The standard InChI is InChI=1S/C14H17BrO3/c15-12-6-11(13(7-12)14(16)17)9-18-8-10-4-2-1-3-5-10/h1-5,11-13H,6-9H2,(H,16,17)/t11-,12+,13+/m1/s1. The van der Waals surface area contributed by atoms with Gasteiger partial charge in [0.15, 0.2) is 0 Å². The van der Waals surface area contributed by atoms with Gasteiger partial charge in [-0.3, -0.25) is 4.79 Å². The third-order valence-corrected chi connectivity index (χ3v) is 4.15. The second-order valence-electron chi connectivity index (χ2n) is 4.77. The molecule has 0 bridgehead atoms. The highest BCUT2D eigenvalue weighted by atomic mass is 79.9. The van der Waals surface area contributed by atoms with Crippen molar-refractivity contribution in [1.82, 2.24) is 0 Å². The summed E-state index contributed by atoms with van der Waals surface area (Å²) >= 11 is 3.51. The molecule has 0 radical (unpaired) electrons. The van der Waals surface area contributed by atoms with E-state index in [1.165, 1.54) is 0 Å². The molecule has 1 fully saturated rings. The fraction of sp³-hybridized carbons (Fsp3) is 0.500. The lowest BCUT2D eigenvalue weighted by Crippen LogP contribution is -2.22. The monoisotopic (exact) mass is 312 g/mol. The molecule has 3 nitrogen and oxygen atoms in total. The van der Waals surface area contributed by atoms with Gasteiger partial charge in [-0.15, -0.1) is 0 Å². The number of rotatable bonds is 5. The molecule has 2 rings (SSSR count). The third-order valence-electron chi connectivity index (χ3n) is 3.40. The van der Waals surface area contributed by atoms with Crippen LogP contribution in [0, 0.1) is 11.8 Å². The molecule has 1 aromatic carbocycles. The number of alkyl halides is 1. The molecule has 1 aromatic rings. The van der Waals surface area contributed by atoms with Crippen LogP contribution < -0.4 is 0 Å². The second kappa shape index (κ2) is 6.34. The zero-order valence-electron chi connectivity index (χ0n) is 10.1. The number of halogens is 1. The summed E-state index contributed by atoms with van der Waals surface area (Å²) in [5, 5.41) is 9.14. The van der Waals surface area contributed by atoms with Gasteiger partial charge >= 0.3 is 5.97 Å². The molecule has 0 saturated heterocycles. The average Bonchev–Trinajstić information content (AvgIpc) is 2.72. The number of aliphatic carboxylic acids is 1. The molecule has 98 valence electrons. The number of hydrogen-bond acceptors (Lipinski definition) is 2. The zero-order chi connectivity index (χ0) is 13.0. The van der Waals surface area contributed by atoms with Crippen LogP contribution in [-0.2, 0) is 16.1 Å². The molecule has 1 N–H and O–H groups in total. The minimum Gasteiger partial charge on any atom is -0.481 e. The Hall–Kier alpha value is -0.870. The highest BCUT2D eigenvalue weighted by molar-refractivity contribution is 9.09. The van der Waals surface area contributed by atoms with E-state index >= 15 is 0 Å². The van der Waals surface area contributed by atoms with Crippen LogP contribution in [0.3, 0.4) is 0 Å². The van der Waals surface area contributed by atoms with Crippen molar-refractivity contribution >= 4 is 21.9 Å². The van der Waals surface area contributed by atoms with Crippen molar-refractivity contribution in [2.24, 2.45) is 11.8 Å². The maximum Gasteiger partial charge on any atom is 0.306 e. The Balaban J connectivity index is 1.81. The first kappa shape index (κ1) is 13.6. The average molecular weight is 313 g/mol. The van der Waals surface area contributed by atoms with Gasteiger partial charge in [-0.05, 0) is 24.3 Å². The smallest absolute Gasteiger partial charge is 0.306 e. The Morgan fingerprint density at radius 1 is 1.33 bits per heavy atom. The third kappa shape index (κ3) is 3.56. The Bertz CT molecular complexity index is 393. The number of carboxylic acid groups (broad SMARTS) is 1. The van der Waals surface area contributed by atoms with Crippen LogP contribution >= 0.6 is 15.9 Å². The van der Waals surface area contributed by atoms with Gasteiger partial charge in [0.1, 0.15) is 0 Å². The van der Waals surface area contributed by atoms with E-state index in [9.17, 15) is 4.79 Å². The summed E-state index contributed by atoms with van der Waals surface area (Å²) in [6.45, 7) is 1.07. The lowest BCUT2D eigenvalue weighted by molar-refractivity contribution is -0.143. The van der Waals surface area contributed by atoms with Gasteiger partial charge in [0, 0.05) is 4.83 Å². The van der Waals surface area contributed by atoms with E-state index in [0.29, 0.717) is 24.5 Å². The molecular formula is C14H17BrO3. The summed E-state index contributed by atoms with van der Waals surface area (Å²) in [5.41, 5.74) is 1.12. The molecule has 3 atom stereocenters. The predicted octanol–water partition coefficient (Wildman–Crippen LogP) is 3.08. The van der Waals surface area contributed by atoms with Gasteiger partial charge in [0.2, 0.25) is 0 Å². The van der Waals surface area contributed by atoms with E-state index in [0.717, 1.165) is 12.0 Å². The van der Waals surface area contributed by atoms with Gasteiger partial charge < -0.3 is 9.84 Å². The van der Waals surface area contributed by atoms with Crippen molar-refractivity contribution in [2.45, 2.75) is 24.3 Å². The minimum absolute atomic E-state index is 0.121. The summed E-state index contributed by atoms with van der Waals surface area (Å²) in [5.74, 6) is -0.856. The van der Waals surface area contributed by atoms with Gasteiger partial charge in [0.05, 0.1) is 19.1 Å². The Morgan fingerprint density at radius 3 is 2.72 bits per heavy atom. The molecule has 1 saturated carbocycles. The number of carbonyl (C=O) groups is 1. The maximum absolute atomic E-state index is 11.1. The van der Waals surface area contributed by atoms with E-state index in [4.69, 9.17) is 9.84 Å². The van der Waals surface area contributed by atoms with E-state index < -0.39 is 5.97 Å². The lowest BCUT2D eigenvalue weighted by atomic mass is 9.97. The zero-order valence-corrected chi connectivity index (χ0v) is 11.7. The van der Waals surface area contributed by atoms with Crippen molar-refractivity contribution in [3.63, 3.8) is 0 Å². The van der Waals surface area contributed by atoms with Gasteiger partial charge in [0.25, 0.3) is 0 Å². The van der Waals surface area contributed by atoms with Crippen LogP contribution in [0.4, 0.5) is 0 Å². The molecular weight excluding hydrogens is 296 g/mol. The highest BCUT2D eigenvalue weighted by Crippen LogP contribution is 2.36. The number of carboxylic acids is 1. The molecule has 0 unspecified atom stereocenters. The van der Waals surface area contributed by atoms with E-state index in [2.05, 4.69) is 15.9 Å². The van der Waals surface area contributed by atoms with E-state index in [-0.39, 0.29) is 11.8 Å².